The fourth-order valence-electron chi connectivity index (χ4n) is 2.12. The Hall–Kier alpha value is -0.320. The lowest BCUT2D eigenvalue weighted by Gasteiger charge is -2.36. The van der Waals surface area contributed by atoms with Gasteiger partial charge in [0.2, 0.25) is 0 Å². The summed E-state index contributed by atoms with van der Waals surface area (Å²) in [6.07, 6.45) is 1.94. The average molecular weight is 274 g/mol. The van der Waals surface area contributed by atoms with Crippen LogP contribution in [0.4, 0.5) is 0 Å². The molecule has 0 amide bonds. The van der Waals surface area contributed by atoms with E-state index < -0.39 is 5.60 Å². The molecule has 4 heteroatoms. The molecule has 1 aliphatic heterocycles. The summed E-state index contributed by atoms with van der Waals surface area (Å²) in [4.78, 5) is 2.23. The lowest BCUT2D eigenvalue weighted by molar-refractivity contribution is -0.0199. The molecule has 0 bridgehead atoms. The maximum Gasteiger partial charge on any atom is 0.169 e. The third-order valence-electron chi connectivity index (χ3n) is 2.76. The zero-order chi connectivity index (χ0) is 10.9. The van der Waals surface area contributed by atoms with E-state index in [2.05, 4.69) is 20.8 Å². The number of aliphatic hydroxyl groups is 1. The van der Waals surface area contributed by atoms with E-state index in [-0.39, 0.29) is 0 Å². The van der Waals surface area contributed by atoms with E-state index in [1.807, 2.05) is 19.1 Å². The quantitative estimate of drug-likeness (QED) is 0.899. The molecule has 1 unspecified atom stereocenters. The predicted molar refractivity (Wildman–Crippen MR) is 61.5 cm³/mol. The fourth-order valence-corrected chi connectivity index (χ4v) is 2.46. The Kier molecular flexibility index (Phi) is 3.19. The summed E-state index contributed by atoms with van der Waals surface area (Å²) >= 11 is 3.28. The molecule has 1 aliphatic rings. The lowest BCUT2D eigenvalue weighted by Crippen LogP contribution is -2.45. The number of likely N-dealkylation sites (tertiary alicyclic amines) is 1. The van der Waals surface area contributed by atoms with Gasteiger partial charge in [0.1, 0.15) is 5.76 Å². The molecule has 0 radical (unpaired) electrons. The molecule has 15 heavy (non-hydrogen) atoms. The number of hydrogen-bond donors (Lipinski definition) is 1. The summed E-state index contributed by atoms with van der Waals surface area (Å²) in [5, 5.41) is 9.95. The minimum absolute atomic E-state index is 0.540. The number of hydrogen-bond acceptors (Lipinski definition) is 3. The zero-order valence-corrected chi connectivity index (χ0v) is 10.5. The fraction of sp³-hybridized carbons (Fsp3) is 0.636. The zero-order valence-electron chi connectivity index (χ0n) is 8.87. The predicted octanol–water partition coefficient (Wildman–Crippen LogP) is 2.39. The van der Waals surface area contributed by atoms with E-state index in [4.69, 9.17) is 4.42 Å². The van der Waals surface area contributed by atoms with Crippen LogP contribution in [0.2, 0.25) is 0 Å². The third kappa shape index (κ3) is 3.06. The van der Waals surface area contributed by atoms with Gasteiger partial charge in [-0.3, -0.25) is 4.90 Å². The van der Waals surface area contributed by atoms with Crippen molar-refractivity contribution in [2.45, 2.75) is 31.9 Å². The van der Waals surface area contributed by atoms with E-state index in [1.54, 1.807) is 0 Å². The van der Waals surface area contributed by atoms with E-state index in [1.165, 1.54) is 0 Å². The van der Waals surface area contributed by atoms with Gasteiger partial charge in [0.15, 0.2) is 4.67 Å². The molecule has 0 aromatic carbocycles. The van der Waals surface area contributed by atoms with Gasteiger partial charge in [0, 0.05) is 6.54 Å². The summed E-state index contributed by atoms with van der Waals surface area (Å²) in [5.41, 5.74) is -0.540. The van der Waals surface area contributed by atoms with Crippen molar-refractivity contribution >= 4 is 15.9 Å². The number of halogens is 1. The second-order valence-electron chi connectivity index (χ2n) is 4.52. The van der Waals surface area contributed by atoms with Gasteiger partial charge < -0.3 is 9.52 Å². The van der Waals surface area contributed by atoms with Crippen molar-refractivity contribution < 1.29 is 9.52 Å². The molecule has 1 N–H and O–H groups in total. The largest absolute Gasteiger partial charge is 0.453 e. The van der Waals surface area contributed by atoms with Crippen LogP contribution in [0.5, 0.6) is 0 Å². The number of nitrogens with zero attached hydrogens (tertiary/aromatic N) is 1. The Morgan fingerprint density at radius 3 is 3.00 bits per heavy atom. The minimum Gasteiger partial charge on any atom is -0.453 e. The molecule has 0 saturated carbocycles. The van der Waals surface area contributed by atoms with Gasteiger partial charge >= 0.3 is 0 Å². The molecule has 2 rings (SSSR count). The van der Waals surface area contributed by atoms with Gasteiger partial charge in [-0.25, -0.2) is 0 Å². The van der Waals surface area contributed by atoms with Crippen molar-refractivity contribution in [1.82, 2.24) is 4.90 Å². The summed E-state index contributed by atoms with van der Waals surface area (Å²) in [6.45, 7) is 4.44. The highest BCUT2D eigenvalue weighted by molar-refractivity contribution is 9.10. The van der Waals surface area contributed by atoms with Gasteiger partial charge in [-0.05, 0) is 54.4 Å². The van der Waals surface area contributed by atoms with Crippen LogP contribution in [-0.2, 0) is 6.54 Å². The molecule has 1 saturated heterocycles. The number of piperidine rings is 1. The van der Waals surface area contributed by atoms with Crippen molar-refractivity contribution in [3.05, 3.63) is 22.6 Å². The molecule has 0 aliphatic carbocycles. The first kappa shape index (κ1) is 11.2. The minimum atomic E-state index is -0.540. The summed E-state index contributed by atoms with van der Waals surface area (Å²) in [6, 6.07) is 3.87. The highest BCUT2D eigenvalue weighted by Gasteiger charge is 2.28. The molecule has 1 aromatic heterocycles. The lowest BCUT2D eigenvalue weighted by atomic mass is 9.95. The standard InChI is InChI=1S/C11H16BrNO2/c1-11(14)5-2-6-13(8-11)7-9-3-4-10(12)15-9/h3-4,14H,2,5-8H2,1H3. The second-order valence-corrected chi connectivity index (χ2v) is 5.30. The van der Waals surface area contributed by atoms with Crippen LogP contribution in [-0.4, -0.2) is 28.7 Å². The molecule has 84 valence electrons. The molecule has 1 fully saturated rings. The average Bonchev–Trinajstić information content (AvgIpc) is 2.49. The maximum atomic E-state index is 9.95. The molecule has 1 atom stereocenters. The number of furan rings is 1. The van der Waals surface area contributed by atoms with Crippen LogP contribution in [0.1, 0.15) is 25.5 Å². The Balaban J connectivity index is 1.95. The van der Waals surface area contributed by atoms with Crippen molar-refractivity contribution in [3.63, 3.8) is 0 Å². The van der Waals surface area contributed by atoms with Crippen molar-refractivity contribution in [2.24, 2.45) is 0 Å². The van der Waals surface area contributed by atoms with Gasteiger partial charge in [-0.2, -0.15) is 0 Å². The van der Waals surface area contributed by atoms with Crippen LogP contribution in [0, 0.1) is 0 Å². The topological polar surface area (TPSA) is 36.6 Å². The Morgan fingerprint density at radius 1 is 1.60 bits per heavy atom. The van der Waals surface area contributed by atoms with Crippen molar-refractivity contribution in [2.75, 3.05) is 13.1 Å². The molecular formula is C11H16BrNO2. The van der Waals surface area contributed by atoms with Gasteiger partial charge in [0.05, 0.1) is 12.1 Å². The molecule has 3 nitrogen and oxygen atoms in total. The maximum absolute atomic E-state index is 9.95. The van der Waals surface area contributed by atoms with Crippen molar-refractivity contribution in [1.29, 1.82) is 0 Å². The highest BCUT2D eigenvalue weighted by atomic mass is 79.9. The summed E-state index contributed by atoms with van der Waals surface area (Å²) in [5.74, 6) is 0.944. The van der Waals surface area contributed by atoms with E-state index >= 15 is 0 Å². The molecule has 0 spiro atoms. The van der Waals surface area contributed by atoms with Gasteiger partial charge in [-0.1, -0.05) is 0 Å². The second kappa shape index (κ2) is 4.28. The van der Waals surface area contributed by atoms with Crippen LogP contribution in [0.15, 0.2) is 21.2 Å². The smallest absolute Gasteiger partial charge is 0.169 e. The first-order valence-electron chi connectivity index (χ1n) is 5.24. The van der Waals surface area contributed by atoms with E-state index in [0.29, 0.717) is 0 Å². The van der Waals surface area contributed by atoms with Crippen LogP contribution >= 0.6 is 15.9 Å². The van der Waals surface area contributed by atoms with Crippen molar-refractivity contribution in [3.8, 4) is 0 Å². The third-order valence-corrected chi connectivity index (χ3v) is 3.19. The Morgan fingerprint density at radius 2 is 2.40 bits per heavy atom. The molecule has 2 heterocycles. The van der Waals surface area contributed by atoms with Gasteiger partial charge in [0.25, 0.3) is 0 Å². The first-order valence-corrected chi connectivity index (χ1v) is 6.03. The molecule has 1 aromatic rings. The van der Waals surface area contributed by atoms with Crippen LogP contribution in [0.3, 0.4) is 0 Å². The summed E-state index contributed by atoms with van der Waals surface area (Å²) < 4.78 is 6.21. The summed E-state index contributed by atoms with van der Waals surface area (Å²) in [7, 11) is 0. The Bertz CT molecular complexity index is 335. The van der Waals surface area contributed by atoms with E-state index in [9.17, 15) is 5.11 Å². The normalized spacial score (nSPS) is 28.2. The highest BCUT2D eigenvalue weighted by Crippen LogP contribution is 2.23. The molecular weight excluding hydrogens is 258 g/mol. The monoisotopic (exact) mass is 273 g/mol. The Labute approximate surface area is 98.2 Å². The van der Waals surface area contributed by atoms with E-state index in [0.717, 1.165) is 42.9 Å². The number of β-amino-alcohol motifs (C(OH)–C–C–N with tert-alkyl or cyclic N) is 1. The number of rotatable bonds is 2. The van der Waals surface area contributed by atoms with Crippen LogP contribution < -0.4 is 0 Å². The van der Waals surface area contributed by atoms with Crippen LogP contribution in [0.25, 0.3) is 0 Å². The van der Waals surface area contributed by atoms with Gasteiger partial charge in [-0.15, -0.1) is 0 Å². The SMILES string of the molecule is CC1(O)CCCN(Cc2ccc(Br)o2)C1. The first-order chi connectivity index (χ1) is 7.05.